The topological polar surface area (TPSA) is 0 Å². The molecule has 1 saturated carbocycles. The molecule has 0 N–H and O–H groups in total. The van der Waals surface area contributed by atoms with Gasteiger partial charge in [-0.05, 0) is 31.6 Å². The Morgan fingerprint density at radius 3 is 1.91 bits per heavy atom. The van der Waals surface area contributed by atoms with Gasteiger partial charge in [-0.2, -0.15) is 0 Å². The number of fused-ring (bicyclic) bond motifs is 3. The van der Waals surface area contributed by atoms with Crippen LogP contribution < -0.4 is 0 Å². The molecule has 0 spiro atoms. The second-order valence-corrected chi connectivity index (χ2v) is 7.17. The molecule has 0 amide bonds. The lowest BCUT2D eigenvalue weighted by atomic mass is 9.75. The highest BCUT2D eigenvalue weighted by molar-refractivity contribution is 8.02. The molecule has 3 rings (SSSR count). The molecule has 1 aliphatic carbocycles. The van der Waals surface area contributed by atoms with E-state index in [9.17, 15) is 0 Å². The van der Waals surface area contributed by atoms with Crippen LogP contribution in [0.3, 0.4) is 0 Å². The molecular formula is C10H18S. The second kappa shape index (κ2) is 2.18. The molecule has 0 nitrogen and oxygen atoms in total. The molecule has 64 valence electrons. The quantitative estimate of drug-likeness (QED) is 0.536. The Labute approximate surface area is 74.1 Å². The Bertz CT molecular complexity index is 161. The highest BCUT2D eigenvalue weighted by Gasteiger charge is 2.47. The van der Waals surface area contributed by atoms with Gasteiger partial charge in [0.1, 0.15) is 0 Å². The molecule has 2 saturated heterocycles. The van der Waals surface area contributed by atoms with E-state index in [1.165, 1.54) is 25.7 Å². The maximum Gasteiger partial charge on any atom is 0.0137 e. The van der Waals surface area contributed by atoms with Gasteiger partial charge in [0, 0.05) is 9.49 Å². The molecule has 2 aliphatic heterocycles. The predicted octanol–water partition coefficient (Wildman–Crippen LogP) is 3.46. The molecule has 0 radical (unpaired) electrons. The lowest BCUT2D eigenvalue weighted by Gasteiger charge is -2.53. The van der Waals surface area contributed by atoms with Crippen LogP contribution in [-0.4, -0.2) is 9.49 Å². The lowest BCUT2D eigenvalue weighted by molar-refractivity contribution is 0.241. The summed E-state index contributed by atoms with van der Waals surface area (Å²) in [4.78, 5) is 0. The zero-order valence-electron chi connectivity index (χ0n) is 7.81. The van der Waals surface area contributed by atoms with E-state index in [0.717, 1.165) is 5.92 Å². The largest absolute Gasteiger partial charge is 0.149 e. The average Bonchev–Trinajstić information content (AvgIpc) is 1.84. The summed E-state index contributed by atoms with van der Waals surface area (Å²) in [5, 5.41) is 0. The average molecular weight is 170 g/mol. The first kappa shape index (κ1) is 7.97. The van der Waals surface area contributed by atoms with Crippen LogP contribution in [0, 0.1) is 5.92 Å². The maximum absolute atomic E-state index is 2.45. The third kappa shape index (κ3) is 1.22. The van der Waals surface area contributed by atoms with E-state index < -0.39 is 0 Å². The van der Waals surface area contributed by atoms with Crippen LogP contribution in [0.1, 0.15) is 46.5 Å². The Morgan fingerprint density at radius 2 is 1.64 bits per heavy atom. The van der Waals surface area contributed by atoms with Crippen molar-refractivity contribution in [3.63, 3.8) is 0 Å². The van der Waals surface area contributed by atoms with Crippen LogP contribution in [-0.2, 0) is 0 Å². The van der Waals surface area contributed by atoms with E-state index in [0.29, 0.717) is 9.49 Å². The highest BCUT2D eigenvalue weighted by Crippen LogP contribution is 2.58. The molecule has 0 aromatic rings. The molecule has 0 aromatic carbocycles. The van der Waals surface area contributed by atoms with Crippen LogP contribution in [0.15, 0.2) is 0 Å². The smallest absolute Gasteiger partial charge is 0.0137 e. The Balaban J connectivity index is 2.22. The molecule has 0 unspecified atom stereocenters. The zero-order chi connectivity index (χ0) is 8.11. The fourth-order valence-corrected chi connectivity index (χ4v) is 4.86. The third-order valence-corrected chi connectivity index (χ3v) is 5.30. The van der Waals surface area contributed by atoms with Crippen LogP contribution in [0.5, 0.6) is 0 Å². The number of hydrogen-bond donors (Lipinski definition) is 0. The molecular weight excluding hydrogens is 152 g/mol. The second-order valence-electron chi connectivity index (χ2n) is 4.93. The number of thioether (sulfide) groups is 1. The molecule has 3 aliphatic rings. The molecule has 2 heterocycles. The van der Waals surface area contributed by atoms with Crippen molar-refractivity contribution in [2.75, 3.05) is 0 Å². The van der Waals surface area contributed by atoms with Crippen molar-refractivity contribution in [2.45, 2.75) is 55.9 Å². The van der Waals surface area contributed by atoms with Crippen LogP contribution in [0.25, 0.3) is 0 Å². The van der Waals surface area contributed by atoms with Gasteiger partial charge in [0.05, 0.1) is 0 Å². The summed E-state index contributed by atoms with van der Waals surface area (Å²) in [5.41, 5.74) is 0. The lowest BCUT2D eigenvalue weighted by Crippen LogP contribution is -2.46. The van der Waals surface area contributed by atoms with Gasteiger partial charge >= 0.3 is 0 Å². The van der Waals surface area contributed by atoms with Crippen LogP contribution >= 0.6 is 11.8 Å². The van der Waals surface area contributed by atoms with E-state index >= 15 is 0 Å². The molecule has 11 heavy (non-hydrogen) atoms. The van der Waals surface area contributed by atoms with E-state index in [1.807, 2.05) is 0 Å². The van der Waals surface area contributed by atoms with Crippen molar-refractivity contribution in [1.29, 1.82) is 0 Å². The first-order valence-electron chi connectivity index (χ1n) is 4.72. The van der Waals surface area contributed by atoms with Crippen molar-refractivity contribution in [2.24, 2.45) is 5.92 Å². The van der Waals surface area contributed by atoms with Crippen molar-refractivity contribution in [3.8, 4) is 0 Å². The maximum atomic E-state index is 2.45. The zero-order valence-corrected chi connectivity index (χ0v) is 8.63. The van der Waals surface area contributed by atoms with Gasteiger partial charge in [0.2, 0.25) is 0 Å². The highest BCUT2D eigenvalue weighted by atomic mass is 32.2. The summed E-state index contributed by atoms with van der Waals surface area (Å²) >= 11 is 2.24. The first-order valence-corrected chi connectivity index (χ1v) is 5.54. The van der Waals surface area contributed by atoms with E-state index in [2.05, 4.69) is 32.5 Å². The van der Waals surface area contributed by atoms with Gasteiger partial charge in [-0.15, -0.1) is 11.8 Å². The molecule has 3 fully saturated rings. The van der Waals surface area contributed by atoms with Crippen LogP contribution in [0.2, 0.25) is 0 Å². The summed E-state index contributed by atoms with van der Waals surface area (Å²) in [6.45, 7) is 7.31. The van der Waals surface area contributed by atoms with Gasteiger partial charge in [0.25, 0.3) is 0 Å². The molecule has 1 heteroatoms. The molecule has 2 bridgehead atoms. The van der Waals surface area contributed by atoms with Crippen molar-refractivity contribution >= 4 is 11.8 Å². The van der Waals surface area contributed by atoms with Crippen molar-refractivity contribution in [1.82, 2.24) is 0 Å². The van der Waals surface area contributed by atoms with Gasteiger partial charge in [-0.3, -0.25) is 0 Å². The summed E-state index contributed by atoms with van der Waals surface area (Å²) in [6, 6.07) is 0. The summed E-state index contributed by atoms with van der Waals surface area (Å²) in [7, 11) is 0. The minimum atomic E-state index is 0.575. The van der Waals surface area contributed by atoms with Crippen molar-refractivity contribution in [3.05, 3.63) is 0 Å². The Hall–Kier alpha value is 0.350. The third-order valence-electron chi connectivity index (χ3n) is 3.54. The summed E-state index contributed by atoms with van der Waals surface area (Å²) < 4.78 is 1.21. The Morgan fingerprint density at radius 1 is 1.09 bits per heavy atom. The van der Waals surface area contributed by atoms with Crippen LogP contribution in [0.4, 0.5) is 0 Å². The first-order chi connectivity index (χ1) is 5.02. The fraction of sp³-hybridized carbons (Fsp3) is 1.00. The van der Waals surface area contributed by atoms with E-state index in [1.54, 1.807) is 0 Å². The van der Waals surface area contributed by atoms with Gasteiger partial charge in [-0.25, -0.2) is 0 Å². The summed E-state index contributed by atoms with van der Waals surface area (Å²) in [6.07, 6.45) is 5.89. The fourth-order valence-electron chi connectivity index (χ4n) is 2.74. The summed E-state index contributed by atoms with van der Waals surface area (Å²) in [5.74, 6) is 1.01. The standard InChI is InChI=1S/C10H18S/c1-9(2)8-4-6-10(3,11-9)7-5-8/h8H,4-7H2,1-3H3. The van der Waals surface area contributed by atoms with E-state index in [4.69, 9.17) is 0 Å². The van der Waals surface area contributed by atoms with Gasteiger partial charge in [0.15, 0.2) is 0 Å². The number of hydrogen-bond acceptors (Lipinski definition) is 1. The molecule has 0 aromatic heterocycles. The minimum Gasteiger partial charge on any atom is -0.149 e. The van der Waals surface area contributed by atoms with Gasteiger partial charge < -0.3 is 0 Å². The normalized spacial score (nSPS) is 47.7. The number of rotatable bonds is 0. The molecule has 0 atom stereocenters. The minimum absolute atomic E-state index is 0.575. The monoisotopic (exact) mass is 170 g/mol. The SMILES string of the molecule is CC12CCC(CC1)C(C)(C)S2. The van der Waals surface area contributed by atoms with Gasteiger partial charge in [-0.1, -0.05) is 20.8 Å². The predicted molar refractivity (Wildman–Crippen MR) is 52.0 cm³/mol. The van der Waals surface area contributed by atoms with E-state index in [-0.39, 0.29) is 0 Å². The Kier molecular flexibility index (Phi) is 1.58. The van der Waals surface area contributed by atoms with Crippen molar-refractivity contribution < 1.29 is 0 Å².